The average Bonchev–Trinajstić information content (AvgIpc) is 3.04. The number of benzene rings is 2. The molecular weight excluding hydrogens is 290 g/mol. The number of nitrogens with one attached hydrogen (secondary N) is 1. The van der Waals surface area contributed by atoms with Crippen molar-refractivity contribution in [3.8, 4) is 5.69 Å². The van der Waals surface area contributed by atoms with Crippen LogP contribution in [0.5, 0.6) is 0 Å². The minimum absolute atomic E-state index is 0.0330. The normalized spacial score (nSPS) is 10.8. The maximum atomic E-state index is 11.4. The lowest BCUT2D eigenvalue weighted by atomic mass is 10.1. The van der Waals surface area contributed by atoms with Gasteiger partial charge in [0.15, 0.2) is 11.6 Å². The molecule has 0 unspecified atom stereocenters. The highest BCUT2D eigenvalue weighted by Gasteiger charge is 2.04. The van der Waals surface area contributed by atoms with Crippen LogP contribution in [0.25, 0.3) is 11.8 Å². The van der Waals surface area contributed by atoms with Gasteiger partial charge in [0.1, 0.15) is 0 Å². The highest BCUT2D eigenvalue weighted by atomic mass is 16.1. The lowest BCUT2D eigenvalue weighted by Crippen LogP contribution is -1.99. The molecular formula is C17H15N5O. The first kappa shape index (κ1) is 14.6. The SMILES string of the molecule is CC(=O)c1cccc(N/C=C\c2nnnn2-c2ccccc2)c1. The van der Waals surface area contributed by atoms with Gasteiger partial charge in [0.05, 0.1) is 5.69 Å². The van der Waals surface area contributed by atoms with Crippen molar-refractivity contribution >= 4 is 17.5 Å². The number of carbonyl (C=O) groups excluding carboxylic acids is 1. The zero-order chi connectivity index (χ0) is 16.1. The number of Topliss-reactive ketones (excluding diaryl/α,β-unsaturated/α-hetero) is 1. The molecule has 0 spiro atoms. The van der Waals surface area contributed by atoms with Gasteiger partial charge >= 0.3 is 0 Å². The van der Waals surface area contributed by atoms with Crippen LogP contribution in [0.4, 0.5) is 5.69 Å². The fourth-order valence-electron chi connectivity index (χ4n) is 2.09. The summed E-state index contributed by atoms with van der Waals surface area (Å²) in [5, 5.41) is 14.8. The van der Waals surface area contributed by atoms with Gasteiger partial charge in [-0.1, -0.05) is 30.3 Å². The van der Waals surface area contributed by atoms with Gasteiger partial charge in [-0.05, 0) is 41.6 Å². The van der Waals surface area contributed by atoms with E-state index in [0.717, 1.165) is 11.4 Å². The summed E-state index contributed by atoms with van der Waals surface area (Å²) in [6, 6.07) is 17.0. The number of hydrogen-bond donors (Lipinski definition) is 1. The van der Waals surface area contributed by atoms with E-state index >= 15 is 0 Å². The van der Waals surface area contributed by atoms with E-state index in [1.165, 1.54) is 0 Å². The molecule has 0 aliphatic rings. The third-order valence-electron chi connectivity index (χ3n) is 3.25. The van der Waals surface area contributed by atoms with E-state index in [2.05, 4.69) is 20.8 Å². The van der Waals surface area contributed by atoms with Gasteiger partial charge < -0.3 is 5.32 Å². The maximum Gasteiger partial charge on any atom is 0.181 e. The second-order valence-corrected chi connectivity index (χ2v) is 4.90. The molecule has 0 radical (unpaired) electrons. The number of carbonyl (C=O) groups is 1. The second kappa shape index (κ2) is 6.65. The summed E-state index contributed by atoms with van der Waals surface area (Å²) in [7, 11) is 0. The van der Waals surface area contributed by atoms with Crippen molar-refractivity contribution in [3.63, 3.8) is 0 Å². The predicted octanol–water partition coefficient (Wildman–Crippen LogP) is 2.95. The standard InChI is InChI=1S/C17H15N5O/c1-13(23)14-6-5-7-15(12-14)18-11-10-17-19-20-21-22(17)16-8-3-2-4-9-16/h2-12,18H,1H3/b11-10-. The number of nitrogens with zero attached hydrogens (tertiary/aromatic N) is 4. The van der Waals surface area contributed by atoms with Crippen LogP contribution in [0.15, 0.2) is 60.8 Å². The Balaban J connectivity index is 1.76. The molecule has 1 N–H and O–H groups in total. The van der Waals surface area contributed by atoms with Crippen LogP contribution < -0.4 is 5.32 Å². The first-order valence-electron chi connectivity index (χ1n) is 7.12. The lowest BCUT2D eigenvalue weighted by Gasteiger charge is -2.03. The molecule has 6 heteroatoms. The second-order valence-electron chi connectivity index (χ2n) is 4.90. The molecule has 114 valence electrons. The summed E-state index contributed by atoms with van der Waals surface area (Å²) < 4.78 is 1.64. The third kappa shape index (κ3) is 3.49. The molecule has 3 rings (SSSR count). The molecule has 0 aliphatic carbocycles. The van der Waals surface area contributed by atoms with E-state index in [4.69, 9.17) is 0 Å². The smallest absolute Gasteiger partial charge is 0.181 e. The molecule has 6 nitrogen and oxygen atoms in total. The van der Waals surface area contributed by atoms with Crippen LogP contribution in [0, 0.1) is 0 Å². The van der Waals surface area contributed by atoms with Crippen molar-refractivity contribution in [2.75, 3.05) is 5.32 Å². The summed E-state index contributed by atoms with van der Waals surface area (Å²) in [6.07, 6.45) is 3.51. The van der Waals surface area contributed by atoms with Gasteiger partial charge in [-0.25, -0.2) is 0 Å². The van der Waals surface area contributed by atoms with Crippen LogP contribution >= 0.6 is 0 Å². The molecule has 0 amide bonds. The molecule has 2 aromatic carbocycles. The van der Waals surface area contributed by atoms with Crippen molar-refractivity contribution in [1.82, 2.24) is 20.2 Å². The van der Waals surface area contributed by atoms with Gasteiger partial charge in [0.25, 0.3) is 0 Å². The largest absolute Gasteiger partial charge is 0.362 e. The quantitative estimate of drug-likeness (QED) is 0.734. The van der Waals surface area contributed by atoms with Gasteiger partial charge in [0.2, 0.25) is 0 Å². The molecule has 0 bridgehead atoms. The Labute approximate surface area is 133 Å². The molecule has 0 saturated carbocycles. The topological polar surface area (TPSA) is 72.7 Å². The van der Waals surface area contributed by atoms with Gasteiger partial charge in [-0.3, -0.25) is 4.79 Å². The first-order chi connectivity index (χ1) is 11.2. The zero-order valence-corrected chi connectivity index (χ0v) is 12.5. The van der Waals surface area contributed by atoms with E-state index in [-0.39, 0.29) is 5.78 Å². The molecule has 23 heavy (non-hydrogen) atoms. The number of hydrogen-bond acceptors (Lipinski definition) is 5. The number of rotatable bonds is 5. The number of para-hydroxylation sites is 1. The number of anilines is 1. The van der Waals surface area contributed by atoms with Crippen molar-refractivity contribution < 1.29 is 4.79 Å². The average molecular weight is 305 g/mol. The maximum absolute atomic E-state index is 11.4. The Morgan fingerprint density at radius 2 is 1.96 bits per heavy atom. The van der Waals surface area contributed by atoms with E-state index in [9.17, 15) is 4.79 Å². The van der Waals surface area contributed by atoms with E-state index in [1.54, 1.807) is 36.0 Å². The van der Waals surface area contributed by atoms with Gasteiger partial charge in [0, 0.05) is 23.5 Å². The lowest BCUT2D eigenvalue weighted by molar-refractivity contribution is 0.101. The Morgan fingerprint density at radius 1 is 1.13 bits per heavy atom. The highest BCUT2D eigenvalue weighted by molar-refractivity contribution is 5.94. The predicted molar refractivity (Wildman–Crippen MR) is 88.3 cm³/mol. The summed E-state index contributed by atoms with van der Waals surface area (Å²) in [5.41, 5.74) is 2.38. The minimum atomic E-state index is 0.0330. The van der Waals surface area contributed by atoms with Crippen molar-refractivity contribution in [2.24, 2.45) is 0 Å². The summed E-state index contributed by atoms with van der Waals surface area (Å²) in [5.74, 6) is 0.636. The van der Waals surface area contributed by atoms with Crippen molar-refractivity contribution in [1.29, 1.82) is 0 Å². The fraction of sp³-hybridized carbons (Fsp3) is 0.0588. The van der Waals surface area contributed by atoms with Crippen LogP contribution in [-0.2, 0) is 0 Å². The van der Waals surface area contributed by atoms with Crippen LogP contribution in [0.1, 0.15) is 23.1 Å². The fourth-order valence-corrected chi connectivity index (χ4v) is 2.09. The Hall–Kier alpha value is -3.28. The highest BCUT2D eigenvalue weighted by Crippen LogP contribution is 2.12. The molecule has 0 saturated heterocycles. The van der Waals surface area contributed by atoms with E-state index in [0.29, 0.717) is 11.4 Å². The Kier molecular flexibility index (Phi) is 4.24. The molecule has 3 aromatic rings. The molecule has 0 aliphatic heterocycles. The summed E-state index contributed by atoms with van der Waals surface area (Å²) >= 11 is 0. The third-order valence-corrected chi connectivity index (χ3v) is 3.25. The molecule has 1 heterocycles. The zero-order valence-electron chi connectivity index (χ0n) is 12.5. The Bertz CT molecular complexity index is 839. The number of ketones is 1. The number of aromatic nitrogens is 4. The van der Waals surface area contributed by atoms with Crippen LogP contribution in [0.2, 0.25) is 0 Å². The first-order valence-corrected chi connectivity index (χ1v) is 7.12. The number of tetrazole rings is 1. The van der Waals surface area contributed by atoms with E-state index in [1.807, 2.05) is 42.5 Å². The summed E-state index contributed by atoms with van der Waals surface area (Å²) in [6.45, 7) is 1.54. The van der Waals surface area contributed by atoms with Crippen LogP contribution in [-0.4, -0.2) is 26.0 Å². The molecule has 0 fully saturated rings. The minimum Gasteiger partial charge on any atom is -0.362 e. The molecule has 1 aromatic heterocycles. The van der Waals surface area contributed by atoms with E-state index < -0.39 is 0 Å². The molecule has 0 atom stereocenters. The summed E-state index contributed by atoms with van der Waals surface area (Å²) in [4.78, 5) is 11.4. The van der Waals surface area contributed by atoms with Gasteiger partial charge in [-0.2, -0.15) is 4.68 Å². The Morgan fingerprint density at radius 3 is 2.74 bits per heavy atom. The van der Waals surface area contributed by atoms with Crippen LogP contribution in [0.3, 0.4) is 0 Å². The van der Waals surface area contributed by atoms with Gasteiger partial charge in [-0.15, -0.1) is 5.10 Å². The van der Waals surface area contributed by atoms with Crippen molar-refractivity contribution in [3.05, 3.63) is 72.2 Å². The van der Waals surface area contributed by atoms with Crippen molar-refractivity contribution in [2.45, 2.75) is 6.92 Å². The monoisotopic (exact) mass is 305 g/mol.